The molecule has 104 valence electrons. The van der Waals surface area contributed by atoms with Gasteiger partial charge in [-0.05, 0) is 22.4 Å². The Labute approximate surface area is 119 Å². The van der Waals surface area contributed by atoms with E-state index in [2.05, 4.69) is 31.0 Å². The third-order valence-corrected chi connectivity index (χ3v) is 4.78. The van der Waals surface area contributed by atoms with Gasteiger partial charge < -0.3 is 4.74 Å². The predicted molar refractivity (Wildman–Crippen MR) is 70.0 cm³/mol. The molecule has 10 heteroatoms. The van der Waals surface area contributed by atoms with E-state index in [0.717, 1.165) is 0 Å². The largest absolute Gasteiger partial charge is 0.383 e. The zero-order chi connectivity index (χ0) is 13.8. The second kappa shape index (κ2) is 6.80. The van der Waals surface area contributed by atoms with E-state index in [1.54, 1.807) is 0 Å². The first-order chi connectivity index (χ1) is 8.38. The third kappa shape index (κ3) is 4.16. The monoisotopic (exact) mass is 360 g/mol. The summed E-state index contributed by atoms with van der Waals surface area (Å²) in [5.74, 6) is 0. The molecule has 1 heterocycles. The van der Waals surface area contributed by atoms with Crippen molar-refractivity contribution in [2.75, 3.05) is 20.3 Å². The van der Waals surface area contributed by atoms with Crippen LogP contribution in [0.5, 0.6) is 0 Å². The van der Waals surface area contributed by atoms with Crippen LogP contribution in [0.2, 0.25) is 0 Å². The zero-order valence-electron chi connectivity index (χ0n) is 9.93. The van der Waals surface area contributed by atoms with Gasteiger partial charge in [0.05, 0.1) is 12.0 Å². The van der Waals surface area contributed by atoms with Crippen LogP contribution in [0, 0.1) is 0 Å². The standard InChI is InChI=1S/C8H14BrClN4O3S/c1-14-8(7(9)12-13-14)18(15,16)11-4-3-6(10)5-17-2/h6,11H,3-5H2,1-2H3. The molecule has 1 aromatic heterocycles. The first kappa shape index (κ1) is 15.8. The quantitative estimate of drug-likeness (QED) is 0.715. The molecule has 0 saturated heterocycles. The fourth-order valence-corrected chi connectivity index (χ4v) is 3.66. The maximum Gasteiger partial charge on any atom is 0.260 e. The van der Waals surface area contributed by atoms with Crippen LogP contribution in [0.3, 0.4) is 0 Å². The highest BCUT2D eigenvalue weighted by molar-refractivity contribution is 9.10. The van der Waals surface area contributed by atoms with Gasteiger partial charge in [0.1, 0.15) is 0 Å². The van der Waals surface area contributed by atoms with Crippen molar-refractivity contribution in [3.05, 3.63) is 4.60 Å². The third-order valence-electron chi connectivity index (χ3n) is 2.09. The van der Waals surface area contributed by atoms with Crippen LogP contribution in [-0.4, -0.2) is 49.1 Å². The number of aromatic nitrogens is 3. The molecule has 0 bridgehead atoms. The first-order valence-electron chi connectivity index (χ1n) is 5.06. The van der Waals surface area contributed by atoms with Gasteiger partial charge in [-0.3, -0.25) is 0 Å². The minimum Gasteiger partial charge on any atom is -0.383 e. The Kier molecular flexibility index (Phi) is 5.99. The molecule has 0 amide bonds. The van der Waals surface area contributed by atoms with E-state index in [9.17, 15) is 8.42 Å². The molecule has 1 rings (SSSR count). The fraction of sp³-hybridized carbons (Fsp3) is 0.750. The van der Waals surface area contributed by atoms with E-state index in [1.807, 2.05) is 0 Å². The van der Waals surface area contributed by atoms with Crippen LogP contribution in [0.25, 0.3) is 0 Å². The van der Waals surface area contributed by atoms with Gasteiger partial charge in [-0.25, -0.2) is 17.8 Å². The van der Waals surface area contributed by atoms with E-state index < -0.39 is 10.0 Å². The second-order valence-electron chi connectivity index (χ2n) is 3.55. The normalized spacial score (nSPS) is 13.8. The summed E-state index contributed by atoms with van der Waals surface area (Å²) in [6, 6.07) is 0. The summed E-state index contributed by atoms with van der Waals surface area (Å²) in [7, 11) is -0.606. The number of alkyl halides is 1. The van der Waals surface area contributed by atoms with Crippen molar-refractivity contribution < 1.29 is 13.2 Å². The molecular weight excluding hydrogens is 348 g/mol. The van der Waals surface area contributed by atoms with Crippen molar-refractivity contribution in [1.82, 2.24) is 19.7 Å². The van der Waals surface area contributed by atoms with Crippen molar-refractivity contribution in [3.8, 4) is 0 Å². The number of rotatable bonds is 7. The van der Waals surface area contributed by atoms with Crippen LogP contribution < -0.4 is 4.72 Å². The van der Waals surface area contributed by atoms with Crippen molar-refractivity contribution in [1.29, 1.82) is 0 Å². The molecule has 1 aromatic rings. The minimum atomic E-state index is -3.65. The number of aryl methyl sites for hydroxylation is 1. The van der Waals surface area contributed by atoms with Crippen molar-refractivity contribution in [2.45, 2.75) is 16.8 Å². The van der Waals surface area contributed by atoms with Gasteiger partial charge >= 0.3 is 0 Å². The lowest BCUT2D eigenvalue weighted by Gasteiger charge is -2.09. The summed E-state index contributed by atoms with van der Waals surface area (Å²) in [5, 5.41) is 6.98. The summed E-state index contributed by atoms with van der Waals surface area (Å²) in [6.07, 6.45) is 0.470. The van der Waals surface area contributed by atoms with E-state index in [4.69, 9.17) is 16.3 Å². The van der Waals surface area contributed by atoms with Gasteiger partial charge in [-0.2, -0.15) is 0 Å². The lowest BCUT2D eigenvalue weighted by atomic mass is 10.3. The number of nitrogens with zero attached hydrogens (tertiary/aromatic N) is 3. The number of nitrogens with one attached hydrogen (secondary N) is 1. The van der Waals surface area contributed by atoms with E-state index >= 15 is 0 Å². The lowest BCUT2D eigenvalue weighted by Crippen LogP contribution is -2.29. The maximum absolute atomic E-state index is 12.0. The van der Waals surface area contributed by atoms with Gasteiger partial charge in [0.25, 0.3) is 10.0 Å². The Hall–Kier alpha value is -0.220. The van der Waals surface area contributed by atoms with Gasteiger partial charge in [-0.15, -0.1) is 16.7 Å². The summed E-state index contributed by atoms with van der Waals surface area (Å²) < 4.78 is 32.6. The summed E-state index contributed by atoms with van der Waals surface area (Å²) in [5.41, 5.74) is 0. The Morgan fingerprint density at radius 3 is 2.78 bits per heavy atom. The molecular formula is C8H14BrClN4O3S. The Morgan fingerprint density at radius 1 is 1.61 bits per heavy atom. The molecule has 0 radical (unpaired) electrons. The highest BCUT2D eigenvalue weighted by Crippen LogP contribution is 2.17. The molecule has 1 unspecified atom stereocenters. The van der Waals surface area contributed by atoms with Gasteiger partial charge in [0.2, 0.25) is 5.03 Å². The van der Waals surface area contributed by atoms with Crippen molar-refractivity contribution >= 4 is 37.6 Å². The topological polar surface area (TPSA) is 86.1 Å². The van der Waals surface area contributed by atoms with Crippen LogP contribution in [-0.2, 0) is 21.8 Å². The molecule has 1 atom stereocenters. The number of sulfonamides is 1. The molecule has 1 N–H and O–H groups in total. The molecule has 18 heavy (non-hydrogen) atoms. The van der Waals surface area contributed by atoms with Gasteiger partial charge in [0.15, 0.2) is 4.60 Å². The number of ether oxygens (including phenoxy) is 1. The fourth-order valence-electron chi connectivity index (χ4n) is 1.29. The second-order valence-corrected chi connectivity index (χ2v) is 6.60. The van der Waals surface area contributed by atoms with Crippen LogP contribution >= 0.6 is 27.5 Å². The highest BCUT2D eigenvalue weighted by Gasteiger charge is 2.23. The van der Waals surface area contributed by atoms with Gasteiger partial charge in [0, 0.05) is 20.7 Å². The van der Waals surface area contributed by atoms with E-state index in [-0.39, 0.29) is 21.6 Å². The minimum absolute atomic E-state index is 0.0136. The van der Waals surface area contributed by atoms with Crippen LogP contribution in [0.15, 0.2) is 9.63 Å². The maximum atomic E-state index is 12.0. The van der Waals surface area contributed by atoms with Crippen LogP contribution in [0.1, 0.15) is 6.42 Å². The molecule has 0 spiro atoms. The molecule has 0 aliphatic rings. The lowest BCUT2D eigenvalue weighted by molar-refractivity contribution is 0.196. The predicted octanol–water partition coefficient (Wildman–Crippen LogP) is 0.500. The van der Waals surface area contributed by atoms with E-state index in [0.29, 0.717) is 13.0 Å². The number of hydrogen-bond acceptors (Lipinski definition) is 5. The van der Waals surface area contributed by atoms with Crippen molar-refractivity contribution in [2.24, 2.45) is 7.05 Å². The number of methoxy groups -OCH3 is 1. The Morgan fingerprint density at radius 2 is 2.28 bits per heavy atom. The zero-order valence-corrected chi connectivity index (χ0v) is 13.1. The molecule has 0 saturated carbocycles. The van der Waals surface area contributed by atoms with Gasteiger partial charge in [-0.1, -0.05) is 5.21 Å². The number of halogens is 2. The average molecular weight is 362 g/mol. The highest BCUT2D eigenvalue weighted by atomic mass is 79.9. The summed E-state index contributed by atoms with van der Waals surface area (Å²) >= 11 is 8.94. The first-order valence-corrected chi connectivity index (χ1v) is 7.77. The SMILES string of the molecule is COCC(Cl)CCNS(=O)(=O)c1c(Br)nnn1C. The Balaban J connectivity index is 2.61. The van der Waals surface area contributed by atoms with Crippen molar-refractivity contribution in [3.63, 3.8) is 0 Å². The molecule has 0 fully saturated rings. The smallest absolute Gasteiger partial charge is 0.260 e. The average Bonchev–Trinajstić information content (AvgIpc) is 2.59. The number of hydrogen-bond donors (Lipinski definition) is 1. The van der Waals surface area contributed by atoms with E-state index in [1.165, 1.54) is 18.8 Å². The Bertz CT molecular complexity index is 473. The molecule has 0 aliphatic carbocycles. The molecule has 7 nitrogen and oxygen atoms in total. The molecule has 0 aromatic carbocycles. The summed E-state index contributed by atoms with van der Waals surface area (Å²) in [4.78, 5) is 0. The summed E-state index contributed by atoms with van der Waals surface area (Å²) in [6.45, 7) is 0.595. The molecule has 0 aliphatic heterocycles. The van der Waals surface area contributed by atoms with Crippen LogP contribution in [0.4, 0.5) is 0 Å².